The molecule has 0 bridgehead atoms. The van der Waals surface area contributed by atoms with E-state index in [1.165, 1.54) is 0 Å². The van der Waals surface area contributed by atoms with E-state index in [0.717, 1.165) is 17.0 Å². The molecule has 1 atom stereocenters. The SMILES string of the molecule is COc1cccc(C2CCC3=C(CCN(c4ccccc4)C3=O)C(C(N)=O)=N2)c1. The van der Waals surface area contributed by atoms with E-state index < -0.39 is 5.91 Å². The van der Waals surface area contributed by atoms with Crippen molar-refractivity contribution in [3.05, 3.63) is 71.3 Å². The van der Waals surface area contributed by atoms with Gasteiger partial charge in [0.1, 0.15) is 11.5 Å². The summed E-state index contributed by atoms with van der Waals surface area (Å²) in [5.41, 5.74) is 9.04. The van der Waals surface area contributed by atoms with Crippen LogP contribution in [-0.2, 0) is 9.59 Å². The molecule has 0 aliphatic carbocycles. The summed E-state index contributed by atoms with van der Waals surface area (Å²) < 4.78 is 5.31. The minimum atomic E-state index is -0.590. The van der Waals surface area contributed by atoms with E-state index in [4.69, 9.17) is 15.5 Å². The van der Waals surface area contributed by atoms with Crippen LogP contribution in [0.3, 0.4) is 0 Å². The van der Waals surface area contributed by atoms with E-state index in [1.807, 2.05) is 54.6 Å². The summed E-state index contributed by atoms with van der Waals surface area (Å²) in [5, 5.41) is 0. The number of amides is 2. The number of ether oxygens (including phenoxy) is 1. The average Bonchev–Trinajstić information content (AvgIpc) is 2.95. The monoisotopic (exact) mass is 389 g/mol. The molecule has 2 aliphatic heterocycles. The summed E-state index contributed by atoms with van der Waals surface area (Å²) in [4.78, 5) is 32.0. The number of primary amides is 1. The molecule has 2 heterocycles. The number of carbonyl (C=O) groups is 2. The molecule has 2 aromatic carbocycles. The summed E-state index contributed by atoms with van der Waals surface area (Å²) in [6, 6.07) is 17.0. The van der Waals surface area contributed by atoms with Crippen molar-refractivity contribution in [2.45, 2.75) is 25.3 Å². The zero-order valence-corrected chi connectivity index (χ0v) is 16.3. The molecule has 2 aliphatic rings. The molecule has 2 N–H and O–H groups in total. The molecule has 4 rings (SSSR count). The Morgan fingerprint density at radius 2 is 1.90 bits per heavy atom. The van der Waals surface area contributed by atoms with Crippen LogP contribution in [0.15, 0.2) is 70.7 Å². The molecule has 2 aromatic rings. The Labute approximate surface area is 169 Å². The maximum Gasteiger partial charge on any atom is 0.267 e. The van der Waals surface area contributed by atoms with Crippen molar-refractivity contribution in [3.8, 4) is 5.75 Å². The Morgan fingerprint density at radius 1 is 1.10 bits per heavy atom. The van der Waals surface area contributed by atoms with Crippen molar-refractivity contribution in [2.75, 3.05) is 18.6 Å². The zero-order valence-electron chi connectivity index (χ0n) is 16.3. The molecule has 29 heavy (non-hydrogen) atoms. The Balaban J connectivity index is 1.70. The highest BCUT2D eigenvalue weighted by Crippen LogP contribution is 2.36. The Bertz CT molecular complexity index is 1010. The number of para-hydroxylation sites is 1. The predicted octanol–water partition coefficient (Wildman–Crippen LogP) is 3.19. The lowest BCUT2D eigenvalue weighted by atomic mass is 9.91. The van der Waals surface area contributed by atoms with Gasteiger partial charge in [-0.25, -0.2) is 0 Å². The lowest BCUT2D eigenvalue weighted by Crippen LogP contribution is -2.40. The first-order valence-electron chi connectivity index (χ1n) is 9.69. The van der Waals surface area contributed by atoms with Crippen molar-refractivity contribution < 1.29 is 14.3 Å². The van der Waals surface area contributed by atoms with Gasteiger partial charge in [-0.05, 0) is 54.7 Å². The van der Waals surface area contributed by atoms with E-state index in [2.05, 4.69) is 0 Å². The van der Waals surface area contributed by atoms with Crippen LogP contribution in [0, 0.1) is 0 Å². The number of nitrogens with zero attached hydrogens (tertiary/aromatic N) is 2. The fourth-order valence-corrected chi connectivity index (χ4v) is 4.02. The van der Waals surface area contributed by atoms with Crippen LogP contribution < -0.4 is 15.4 Å². The molecule has 0 aromatic heterocycles. The molecule has 0 spiro atoms. The average molecular weight is 389 g/mol. The fourth-order valence-electron chi connectivity index (χ4n) is 4.02. The van der Waals surface area contributed by atoms with Crippen LogP contribution in [0.4, 0.5) is 5.69 Å². The molecule has 0 fully saturated rings. The number of benzene rings is 2. The third-order valence-corrected chi connectivity index (χ3v) is 5.47. The quantitative estimate of drug-likeness (QED) is 0.871. The van der Waals surface area contributed by atoms with Gasteiger partial charge in [0.2, 0.25) is 0 Å². The highest BCUT2D eigenvalue weighted by Gasteiger charge is 2.34. The van der Waals surface area contributed by atoms with Gasteiger partial charge in [0.25, 0.3) is 11.8 Å². The van der Waals surface area contributed by atoms with Crippen LogP contribution in [0.5, 0.6) is 5.75 Å². The number of hydrogen-bond acceptors (Lipinski definition) is 4. The van der Waals surface area contributed by atoms with E-state index in [1.54, 1.807) is 12.0 Å². The van der Waals surface area contributed by atoms with Crippen molar-refractivity contribution in [1.29, 1.82) is 0 Å². The number of aliphatic imine (C=N–C) groups is 1. The molecular weight excluding hydrogens is 366 g/mol. The number of hydrogen-bond donors (Lipinski definition) is 1. The van der Waals surface area contributed by atoms with E-state index >= 15 is 0 Å². The van der Waals surface area contributed by atoms with Crippen LogP contribution in [0.2, 0.25) is 0 Å². The largest absolute Gasteiger partial charge is 0.497 e. The van der Waals surface area contributed by atoms with Crippen molar-refractivity contribution >= 4 is 23.2 Å². The minimum absolute atomic E-state index is 0.0716. The third-order valence-electron chi connectivity index (χ3n) is 5.47. The van der Waals surface area contributed by atoms with E-state index in [0.29, 0.717) is 37.0 Å². The molecule has 0 saturated carbocycles. The van der Waals surface area contributed by atoms with Gasteiger partial charge in [0, 0.05) is 17.8 Å². The summed E-state index contributed by atoms with van der Waals surface area (Å²) in [6.45, 7) is 0.498. The lowest BCUT2D eigenvalue weighted by Gasteiger charge is -2.30. The Kier molecular flexibility index (Phi) is 5.16. The highest BCUT2D eigenvalue weighted by molar-refractivity contribution is 6.46. The third kappa shape index (κ3) is 3.66. The normalized spacial score (nSPS) is 19.3. The smallest absolute Gasteiger partial charge is 0.267 e. The molecule has 0 saturated heterocycles. The molecule has 6 heteroatoms. The molecule has 148 valence electrons. The number of carbonyl (C=O) groups excluding carboxylic acids is 2. The highest BCUT2D eigenvalue weighted by atomic mass is 16.5. The Morgan fingerprint density at radius 3 is 2.62 bits per heavy atom. The number of anilines is 1. The molecule has 0 radical (unpaired) electrons. The summed E-state index contributed by atoms with van der Waals surface area (Å²) in [7, 11) is 1.61. The van der Waals surface area contributed by atoms with Crippen molar-refractivity contribution in [2.24, 2.45) is 10.7 Å². The van der Waals surface area contributed by atoms with Gasteiger partial charge in [0.15, 0.2) is 0 Å². The maximum atomic E-state index is 13.3. The zero-order chi connectivity index (χ0) is 20.4. The fraction of sp³-hybridized carbons (Fsp3) is 0.261. The predicted molar refractivity (Wildman–Crippen MR) is 112 cm³/mol. The van der Waals surface area contributed by atoms with Crippen LogP contribution in [0.25, 0.3) is 0 Å². The summed E-state index contributed by atoms with van der Waals surface area (Å²) in [6.07, 6.45) is 1.72. The van der Waals surface area contributed by atoms with Crippen LogP contribution >= 0.6 is 0 Å². The van der Waals surface area contributed by atoms with E-state index in [-0.39, 0.29) is 17.7 Å². The molecular formula is C23H23N3O3. The number of methoxy groups -OCH3 is 1. The van der Waals surface area contributed by atoms with Gasteiger partial charge in [-0.1, -0.05) is 30.3 Å². The summed E-state index contributed by atoms with van der Waals surface area (Å²) >= 11 is 0. The van der Waals surface area contributed by atoms with Gasteiger partial charge in [-0.3, -0.25) is 14.6 Å². The van der Waals surface area contributed by atoms with Gasteiger partial charge in [-0.15, -0.1) is 0 Å². The standard InChI is InChI=1S/C23H23N3O3/c1-29-17-9-5-6-15(14-17)20-11-10-19-18(21(25-20)22(24)27)12-13-26(23(19)28)16-7-3-2-4-8-16/h2-9,14,20H,10-13H2,1H3,(H2,24,27). The van der Waals surface area contributed by atoms with Crippen LogP contribution in [-0.4, -0.2) is 31.2 Å². The van der Waals surface area contributed by atoms with E-state index in [9.17, 15) is 9.59 Å². The lowest BCUT2D eigenvalue weighted by molar-refractivity contribution is -0.115. The van der Waals surface area contributed by atoms with Crippen molar-refractivity contribution in [1.82, 2.24) is 0 Å². The topological polar surface area (TPSA) is 85.0 Å². The van der Waals surface area contributed by atoms with Gasteiger partial charge >= 0.3 is 0 Å². The number of nitrogens with two attached hydrogens (primary N) is 1. The van der Waals surface area contributed by atoms with Crippen LogP contribution in [0.1, 0.15) is 30.9 Å². The first kappa shape index (κ1) is 18.9. The summed E-state index contributed by atoms with van der Waals surface area (Å²) in [5.74, 6) is 0.0672. The van der Waals surface area contributed by atoms with Gasteiger partial charge in [-0.2, -0.15) is 0 Å². The first-order valence-corrected chi connectivity index (χ1v) is 9.69. The maximum absolute atomic E-state index is 13.3. The molecule has 6 nitrogen and oxygen atoms in total. The Hall–Kier alpha value is -3.41. The second kappa shape index (κ2) is 7.91. The molecule has 2 amide bonds. The van der Waals surface area contributed by atoms with Crippen molar-refractivity contribution in [3.63, 3.8) is 0 Å². The first-order chi connectivity index (χ1) is 14.1. The minimum Gasteiger partial charge on any atom is -0.497 e. The second-order valence-corrected chi connectivity index (χ2v) is 7.17. The van der Waals surface area contributed by atoms with Gasteiger partial charge in [0.05, 0.1) is 13.2 Å². The second-order valence-electron chi connectivity index (χ2n) is 7.17. The molecule has 1 unspecified atom stereocenters. The van der Waals surface area contributed by atoms with Gasteiger partial charge < -0.3 is 15.4 Å². The number of rotatable bonds is 4.